The van der Waals surface area contributed by atoms with Gasteiger partial charge in [0.15, 0.2) is 5.69 Å². The largest absolute Gasteiger partial charge is 0.497 e. The molecule has 0 radical (unpaired) electrons. The van der Waals surface area contributed by atoms with Crippen molar-refractivity contribution in [3.8, 4) is 16.9 Å². The number of ether oxygens (including phenoxy) is 2. The maximum atomic E-state index is 13.0. The Morgan fingerprint density at radius 3 is 2.31 bits per heavy atom. The topological polar surface area (TPSA) is 69.6 Å². The summed E-state index contributed by atoms with van der Waals surface area (Å²) in [4.78, 5) is 25.9. The van der Waals surface area contributed by atoms with E-state index in [1.165, 1.54) is 0 Å². The van der Waals surface area contributed by atoms with E-state index in [1.807, 2.05) is 79.2 Å². The monoisotopic (exact) mass is 434 g/mol. The van der Waals surface area contributed by atoms with Crippen LogP contribution in [-0.2, 0) is 16.1 Å². The lowest BCUT2D eigenvalue weighted by molar-refractivity contribution is -0.119. The quantitative estimate of drug-likeness (QED) is 0.460. The number of rotatable bonds is 9. The highest BCUT2D eigenvalue weighted by Crippen LogP contribution is 2.35. The highest BCUT2D eigenvalue weighted by Gasteiger charge is 2.26. The summed E-state index contributed by atoms with van der Waals surface area (Å²) in [5, 5.41) is 3.01. The van der Waals surface area contributed by atoms with Crippen LogP contribution in [0.1, 0.15) is 43.2 Å². The summed E-state index contributed by atoms with van der Waals surface area (Å²) in [5.41, 5.74) is 3.45. The Balaban J connectivity index is 2.16. The molecule has 32 heavy (non-hydrogen) atoms. The van der Waals surface area contributed by atoms with Crippen LogP contribution < -0.4 is 10.1 Å². The zero-order chi connectivity index (χ0) is 23.1. The third-order valence-electron chi connectivity index (χ3n) is 5.45. The van der Waals surface area contributed by atoms with Crippen molar-refractivity contribution >= 4 is 17.6 Å². The minimum Gasteiger partial charge on any atom is -0.497 e. The van der Waals surface area contributed by atoms with Gasteiger partial charge in [-0.25, -0.2) is 4.79 Å². The smallest absolute Gasteiger partial charge is 0.357 e. The predicted octanol–water partition coefficient (Wildman–Crippen LogP) is 5.37. The third-order valence-corrected chi connectivity index (χ3v) is 5.45. The molecule has 0 saturated heterocycles. The molecule has 1 aromatic heterocycles. The second kappa shape index (κ2) is 10.7. The van der Waals surface area contributed by atoms with Crippen LogP contribution in [0.3, 0.4) is 0 Å². The average molecular weight is 435 g/mol. The molecule has 0 fully saturated rings. The van der Waals surface area contributed by atoms with Crippen LogP contribution in [0, 0.1) is 5.92 Å². The van der Waals surface area contributed by atoms with Crippen molar-refractivity contribution in [2.24, 2.45) is 5.92 Å². The van der Waals surface area contributed by atoms with E-state index in [1.54, 1.807) is 14.0 Å². The molecule has 3 rings (SSSR count). The number of aromatic nitrogens is 1. The van der Waals surface area contributed by atoms with E-state index in [0.717, 1.165) is 22.4 Å². The molecule has 0 saturated carbocycles. The van der Waals surface area contributed by atoms with E-state index < -0.39 is 5.97 Å². The van der Waals surface area contributed by atoms with Gasteiger partial charge in [0.1, 0.15) is 5.75 Å². The minimum atomic E-state index is -0.470. The summed E-state index contributed by atoms with van der Waals surface area (Å²) in [7, 11) is 1.61. The Hall–Kier alpha value is -3.54. The van der Waals surface area contributed by atoms with Crippen molar-refractivity contribution in [3.05, 3.63) is 72.1 Å². The van der Waals surface area contributed by atoms with Gasteiger partial charge in [-0.3, -0.25) is 4.79 Å². The van der Waals surface area contributed by atoms with E-state index in [0.29, 0.717) is 24.3 Å². The van der Waals surface area contributed by atoms with Crippen molar-refractivity contribution in [3.63, 3.8) is 0 Å². The Morgan fingerprint density at radius 2 is 1.72 bits per heavy atom. The van der Waals surface area contributed by atoms with Crippen LogP contribution in [0.15, 0.2) is 60.8 Å². The molecule has 0 aliphatic heterocycles. The summed E-state index contributed by atoms with van der Waals surface area (Å²) >= 11 is 0. The number of nitrogens with one attached hydrogen (secondary N) is 1. The van der Waals surface area contributed by atoms with Gasteiger partial charge in [-0.15, -0.1) is 0 Å². The zero-order valence-corrected chi connectivity index (χ0v) is 19.1. The number of carbonyl (C=O) groups is 2. The van der Waals surface area contributed by atoms with Crippen LogP contribution in [0.2, 0.25) is 0 Å². The van der Waals surface area contributed by atoms with Gasteiger partial charge >= 0.3 is 5.97 Å². The number of nitrogens with zero attached hydrogens (tertiary/aromatic N) is 1. The minimum absolute atomic E-state index is 0.134. The molecule has 0 aliphatic carbocycles. The number of anilines is 1. The Morgan fingerprint density at radius 1 is 1.03 bits per heavy atom. The summed E-state index contributed by atoms with van der Waals surface area (Å²) in [5.74, 6) is -0.0626. The summed E-state index contributed by atoms with van der Waals surface area (Å²) in [6.45, 7) is 6.31. The van der Waals surface area contributed by atoms with Gasteiger partial charge in [0.25, 0.3) is 0 Å². The molecular formula is C26H30N2O4. The maximum absolute atomic E-state index is 13.0. The van der Waals surface area contributed by atoms with Crippen molar-refractivity contribution in [1.82, 2.24) is 4.57 Å². The van der Waals surface area contributed by atoms with E-state index in [2.05, 4.69) is 5.32 Å². The molecule has 0 aliphatic rings. The molecule has 1 unspecified atom stereocenters. The number of amides is 1. The van der Waals surface area contributed by atoms with Crippen molar-refractivity contribution < 1.29 is 19.1 Å². The molecule has 3 aromatic rings. The van der Waals surface area contributed by atoms with Gasteiger partial charge in [0.2, 0.25) is 5.91 Å². The van der Waals surface area contributed by atoms with Gasteiger partial charge < -0.3 is 19.4 Å². The number of hydrogen-bond acceptors (Lipinski definition) is 4. The normalized spacial score (nSPS) is 11.6. The molecular weight excluding hydrogens is 404 g/mol. The number of benzene rings is 2. The standard InChI is InChI=1S/C26H30N2O4/c1-5-18(3)25(29)27-23-22(20-12-14-21(31-4)15-13-20)17-28(24(23)26(30)32-6-2)16-19-10-8-7-9-11-19/h7-15,17-18H,5-6,16H2,1-4H3,(H,27,29). The second-order valence-corrected chi connectivity index (χ2v) is 7.63. The maximum Gasteiger partial charge on any atom is 0.357 e. The number of esters is 1. The molecule has 168 valence electrons. The third kappa shape index (κ3) is 5.19. The fraction of sp³-hybridized carbons (Fsp3) is 0.308. The first-order valence-electron chi connectivity index (χ1n) is 10.9. The number of carbonyl (C=O) groups excluding carboxylic acids is 2. The Labute approximate surface area is 189 Å². The highest BCUT2D eigenvalue weighted by atomic mass is 16.5. The fourth-order valence-corrected chi connectivity index (χ4v) is 3.43. The first-order valence-corrected chi connectivity index (χ1v) is 10.9. The average Bonchev–Trinajstić information content (AvgIpc) is 3.16. The van der Waals surface area contributed by atoms with Crippen LogP contribution >= 0.6 is 0 Å². The SMILES string of the molecule is CCOC(=O)c1c(NC(=O)C(C)CC)c(-c2ccc(OC)cc2)cn1Cc1ccccc1. The van der Waals surface area contributed by atoms with Crippen LogP contribution in [0.4, 0.5) is 5.69 Å². The van der Waals surface area contributed by atoms with Gasteiger partial charge in [-0.05, 0) is 36.6 Å². The van der Waals surface area contributed by atoms with Crippen LogP contribution in [0.25, 0.3) is 11.1 Å². The van der Waals surface area contributed by atoms with E-state index >= 15 is 0 Å². The summed E-state index contributed by atoms with van der Waals surface area (Å²) in [6, 6.07) is 17.4. The molecule has 0 bridgehead atoms. The van der Waals surface area contributed by atoms with Crippen molar-refractivity contribution in [1.29, 1.82) is 0 Å². The molecule has 6 nitrogen and oxygen atoms in total. The van der Waals surface area contributed by atoms with Gasteiger partial charge in [-0.2, -0.15) is 0 Å². The van der Waals surface area contributed by atoms with Gasteiger partial charge in [-0.1, -0.05) is 56.3 Å². The summed E-state index contributed by atoms with van der Waals surface area (Å²) < 4.78 is 12.5. The molecule has 1 atom stereocenters. The Kier molecular flexibility index (Phi) is 7.71. The zero-order valence-electron chi connectivity index (χ0n) is 19.1. The summed E-state index contributed by atoms with van der Waals surface area (Å²) in [6.07, 6.45) is 2.59. The van der Waals surface area contributed by atoms with Crippen LogP contribution in [-0.4, -0.2) is 30.2 Å². The molecule has 0 spiro atoms. The predicted molar refractivity (Wildman–Crippen MR) is 126 cm³/mol. The first kappa shape index (κ1) is 23.1. The van der Waals surface area contributed by atoms with Crippen molar-refractivity contribution in [2.75, 3.05) is 19.0 Å². The second-order valence-electron chi connectivity index (χ2n) is 7.63. The van der Waals surface area contributed by atoms with Gasteiger partial charge in [0, 0.05) is 24.2 Å². The van der Waals surface area contributed by atoms with Crippen LogP contribution in [0.5, 0.6) is 5.75 Å². The van der Waals surface area contributed by atoms with Crippen molar-refractivity contribution in [2.45, 2.75) is 33.7 Å². The first-order chi connectivity index (χ1) is 15.5. The lowest BCUT2D eigenvalue weighted by Gasteiger charge is -2.14. The van der Waals surface area contributed by atoms with E-state index in [-0.39, 0.29) is 18.4 Å². The number of methoxy groups -OCH3 is 1. The fourth-order valence-electron chi connectivity index (χ4n) is 3.43. The molecule has 1 amide bonds. The highest BCUT2D eigenvalue weighted by molar-refractivity contribution is 6.06. The number of hydrogen-bond donors (Lipinski definition) is 1. The molecule has 2 aromatic carbocycles. The lowest BCUT2D eigenvalue weighted by atomic mass is 10.0. The molecule has 6 heteroatoms. The van der Waals surface area contributed by atoms with E-state index in [4.69, 9.17) is 9.47 Å². The van der Waals surface area contributed by atoms with E-state index in [9.17, 15) is 9.59 Å². The molecule has 1 heterocycles. The lowest BCUT2D eigenvalue weighted by Crippen LogP contribution is -2.22. The Bertz CT molecular complexity index is 1060. The molecule has 1 N–H and O–H groups in total. The van der Waals surface area contributed by atoms with Gasteiger partial charge in [0.05, 0.1) is 19.4 Å².